The molecule has 26 heavy (non-hydrogen) atoms. The fraction of sp³-hybridized carbons (Fsp3) is 0.429. The second-order valence-corrected chi connectivity index (χ2v) is 6.95. The van der Waals surface area contributed by atoms with Crippen LogP contribution in [0.2, 0.25) is 0 Å². The van der Waals surface area contributed by atoms with Crippen LogP contribution in [-0.4, -0.2) is 24.1 Å². The molecular formula is C21H27NO4. The van der Waals surface area contributed by atoms with Crippen LogP contribution in [0.1, 0.15) is 53.0 Å². The van der Waals surface area contributed by atoms with E-state index in [1.54, 1.807) is 27.7 Å². The first-order valence-corrected chi connectivity index (χ1v) is 8.87. The van der Waals surface area contributed by atoms with Gasteiger partial charge in [0.05, 0.1) is 29.3 Å². The number of allylic oxidation sites excluding steroid dienone is 2. The number of carbonyl (C=O) groups is 2. The molecule has 0 saturated carbocycles. The molecule has 1 heterocycles. The van der Waals surface area contributed by atoms with E-state index in [0.717, 1.165) is 5.56 Å². The van der Waals surface area contributed by atoms with Crippen molar-refractivity contribution in [1.29, 1.82) is 0 Å². The number of benzene rings is 1. The Bertz CT molecular complexity index is 701. The Morgan fingerprint density at radius 1 is 0.846 bits per heavy atom. The van der Waals surface area contributed by atoms with Gasteiger partial charge in [-0.3, -0.25) is 0 Å². The van der Waals surface area contributed by atoms with Gasteiger partial charge < -0.3 is 14.8 Å². The normalized spacial score (nSPS) is 15.4. The molecule has 0 aliphatic carbocycles. The average Bonchev–Trinajstić information content (AvgIpc) is 2.53. The maximum atomic E-state index is 12.8. The Labute approximate surface area is 155 Å². The lowest BCUT2D eigenvalue weighted by Crippen LogP contribution is -2.33. The number of hydrogen-bond donors (Lipinski definition) is 1. The number of ether oxygens (including phenoxy) is 2. The Morgan fingerprint density at radius 3 is 1.65 bits per heavy atom. The van der Waals surface area contributed by atoms with E-state index in [4.69, 9.17) is 9.47 Å². The fourth-order valence-electron chi connectivity index (χ4n) is 3.07. The Kier molecular flexibility index (Phi) is 6.24. The smallest absolute Gasteiger partial charge is 0.337 e. The number of carbonyl (C=O) groups excluding carboxylic acids is 2. The Balaban J connectivity index is 2.58. The van der Waals surface area contributed by atoms with Crippen LogP contribution in [0.25, 0.3) is 0 Å². The summed E-state index contributed by atoms with van der Waals surface area (Å²) in [6, 6.07) is 9.48. The summed E-state index contributed by atoms with van der Waals surface area (Å²) in [5, 5.41) is 3.15. The number of esters is 2. The van der Waals surface area contributed by atoms with Gasteiger partial charge in [0, 0.05) is 11.4 Å². The molecule has 2 rings (SSSR count). The lowest BCUT2D eigenvalue weighted by molar-refractivity contribution is -0.143. The molecule has 1 aromatic carbocycles. The summed E-state index contributed by atoms with van der Waals surface area (Å²) in [5.41, 5.74) is 3.09. The zero-order valence-corrected chi connectivity index (χ0v) is 16.3. The highest BCUT2D eigenvalue weighted by atomic mass is 16.5. The molecule has 0 spiro atoms. The van der Waals surface area contributed by atoms with Crippen LogP contribution in [0.15, 0.2) is 52.9 Å². The highest BCUT2D eigenvalue weighted by molar-refractivity contribution is 6.00. The van der Waals surface area contributed by atoms with Gasteiger partial charge in [-0.1, -0.05) is 30.3 Å². The first-order chi connectivity index (χ1) is 12.2. The maximum absolute atomic E-state index is 12.8. The molecule has 0 unspecified atom stereocenters. The Morgan fingerprint density at radius 2 is 1.27 bits per heavy atom. The quantitative estimate of drug-likeness (QED) is 0.812. The van der Waals surface area contributed by atoms with Gasteiger partial charge in [-0.25, -0.2) is 9.59 Å². The van der Waals surface area contributed by atoms with Crippen molar-refractivity contribution in [3.05, 3.63) is 58.4 Å². The summed E-state index contributed by atoms with van der Waals surface area (Å²) in [6.45, 7) is 10.8. The van der Waals surface area contributed by atoms with Crippen molar-refractivity contribution in [3.8, 4) is 0 Å². The second-order valence-electron chi connectivity index (χ2n) is 6.95. The van der Waals surface area contributed by atoms with Crippen molar-refractivity contribution < 1.29 is 19.1 Å². The maximum Gasteiger partial charge on any atom is 0.337 e. The van der Waals surface area contributed by atoms with Gasteiger partial charge in [0.1, 0.15) is 0 Å². The molecule has 1 aromatic rings. The lowest BCUT2D eigenvalue weighted by atomic mass is 9.80. The molecule has 140 valence electrons. The minimum Gasteiger partial charge on any atom is -0.460 e. The summed E-state index contributed by atoms with van der Waals surface area (Å²) >= 11 is 0. The van der Waals surface area contributed by atoms with Crippen molar-refractivity contribution in [2.24, 2.45) is 0 Å². The summed E-state index contributed by atoms with van der Waals surface area (Å²) in [5.74, 6) is -1.39. The van der Waals surface area contributed by atoms with Crippen molar-refractivity contribution >= 4 is 11.9 Å². The molecule has 0 amide bonds. The van der Waals surface area contributed by atoms with Crippen molar-refractivity contribution in [3.63, 3.8) is 0 Å². The molecule has 5 heteroatoms. The molecule has 0 bridgehead atoms. The van der Waals surface area contributed by atoms with Gasteiger partial charge in [-0.15, -0.1) is 0 Å². The number of hydrogen-bond acceptors (Lipinski definition) is 5. The number of rotatable bonds is 5. The fourth-order valence-corrected chi connectivity index (χ4v) is 3.07. The second kappa shape index (κ2) is 8.21. The topological polar surface area (TPSA) is 64.6 Å². The third-order valence-corrected chi connectivity index (χ3v) is 4.02. The minimum atomic E-state index is -0.532. The standard InChI is InChI=1S/C21H27NO4/c1-12(2)25-20(23)17-14(5)22-15(6)18(21(24)26-13(3)4)19(17)16-10-8-7-9-11-16/h7-13,19,22H,1-6H3. The predicted octanol–water partition coefficient (Wildman–Crippen LogP) is 3.82. The van der Waals surface area contributed by atoms with E-state index in [2.05, 4.69) is 5.32 Å². The summed E-state index contributed by atoms with van der Waals surface area (Å²) < 4.78 is 10.9. The number of dihydropyridines is 1. The van der Waals surface area contributed by atoms with E-state index in [1.165, 1.54) is 0 Å². The van der Waals surface area contributed by atoms with E-state index < -0.39 is 17.9 Å². The minimum absolute atomic E-state index is 0.253. The average molecular weight is 357 g/mol. The van der Waals surface area contributed by atoms with Gasteiger partial charge in [-0.2, -0.15) is 0 Å². The van der Waals surface area contributed by atoms with Crippen molar-refractivity contribution in [2.45, 2.75) is 59.7 Å². The first-order valence-electron chi connectivity index (χ1n) is 8.87. The van der Waals surface area contributed by atoms with E-state index in [9.17, 15) is 9.59 Å². The van der Waals surface area contributed by atoms with Gasteiger partial charge >= 0.3 is 11.9 Å². The monoisotopic (exact) mass is 357 g/mol. The first kappa shape index (κ1) is 19.8. The van der Waals surface area contributed by atoms with Gasteiger partial charge in [-0.05, 0) is 47.1 Å². The Hall–Kier alpha value is -2.56. The summed E-state index contributed by atoms with van der Waals surface area (Å²) in [4.78, 5) is 25.6. The third-order valence-electron chi connectivity index (χ3n) is 4.02. The highest BCUT2D eigenvalue weighted by Gasteiger charge is 2.38. The zero-order valence-electron chi connectivity index (χ0n) is 16.3. The van der Waals surface area contributed by atoms with Crippen LogP contribution in [0.5, 0.6) is 0 Å². The molecular weight excluding hydrogens is 330 g/mol. The van der Waals surface area contributed by atoms with Crippen molar-refractivity contribution in [2.75, 3.05) is 0 Å². The largest absolute Gasteiger partial charge is 0.460 e. The predicted molar refractivity (Wildman–Crippen MR) is 100 cm³/mol. The highest BCUT2D eigenvalue weighted by Crippen LogP contribution is 2.39. The van der Waals surface area contributed by atoms with E-state index in [0.29, 0.717) is 22.5 Å². The van der Waals surface area contributed by atoms with Crippen LogP contribution in [0.3, 0.4) is 0 Å². The van der Waals surface area contributed by atoms with E-state index in [-0.39, 0.29) is 12.2 Å². The van der Waals surface area contributed by atoms with Gasteiger partial charge in [0.2, 0.25) is 0 Å². The van der Waals surface area contributed by atoms with E-state index in [1.807, 2.05) is 44.2 Å². The number of nitrogens with one attached hydrogen (secondary N) is 1. The van der Waals surface area contributed by atoms with Crippen LogP contribution in [0, 0.1) is 0 Å². The molecule has 0 fully saturated rings. The van der Waals surface area contributed by atoms with Crippen LogP contribution in [-0.2, 0) is 19.1 Å². The lowest BCUT2D eigenvalue weighted by Gasteiger charge is -2.31. The molecule has 1 aliphatic rings. The molecule has 0 aromatic heterocycles. The van der Waals surface area contributed by atoms with Gasteiger partial charge in [0.25, 0.3) is 0 Å². The molecule has 5 nitrogen and oxygen atoms in total. The molecule has 0 atom stereocenters. The third kappa shape index (κ3) is 4.34. The zero-order chi connectivity index (χ0) is 19.4. The molecule has 1 N–H and O–H groups in total. The van der Waals surface area contributed by atoms with E-state index >= 15 is 0 Å². The summed E-state index contributed by atoms with van der Waals surface area (Å²) in [6.07, 6.45) is -0.505. The van der Waals surface area contributed by atoms with Crippen LogP contribution >= 0.6 is 0 Å². The SMILES string of the molecule is CC1=C(C(=O)OC(C)C)C(c2ccccc2)C(C(=O)OC(C)C)=C(C)N1. The molecule has 0 radical (unpaired) electrons. The van der Waals surface area contributed by atoms with Crippen molar-refractivity contribution in [1.82, 2.24) is 5.32 Å². The molecule has 1 aliphatic heterocycles. The van der Waals surface area contributed by atoms with Gasteiger partial charge in [0.15, 0.2) is 0 Å². The molecule has 0 saturated heterocycles. The summed E-state index contributed by atoms with van der Waals surface area (Å²) in [7, 11) is 0. The van der Waals surface area contributed by atoms with Crippen LogP contribution < -0.4 is 5.32 Å². The van der Waals surface area contributed by atoms with Crippen LogP contribution in [0.4, 0.5) is 0 Å².